The van der Waals surface area contributed by atoms with E-state index < -0.39 is 6.09 Å². The Labute approximate surface area is 146 Å². The number of hydrogen-bond acceptors (Lipinski definition) is 3. The minimum atomic E-state index is -0.861. The van der Waals surface area contributed by atoms with Crippen molar-refractivity contribution >= 4 is 28.7 Å². The van der Waals surface area contributed by atoms with Crippen molar-refractivity contribution in [2.24, 2.45) is 0 Å². The number of aromatic nitrogens is 2. The summed E-state index contributed by atoms with van der Waals surface area (Å²) in [5.41, 5.74) is 1.79. The average molecular weight is 352 g/mol. The highest BCUT2D eigenvalue weighted by molar-refractivity contribution is 6.35. The van der Waals surface area contributed by atoms with E-state index in [1.165, 1.54) is 4.90 Å². The van der Waals surface area contributed by atoms with Crippen LogP contribution in [0.1, 0.15) is 31.0 Å². The lowest BCUT2D eigenvalue weighted by molar-refractivity contribution is 0.129. The van der Waals surface area contributed by atoms with Gasteiger partial charge in [0.2, 0.25) is 0 Å². The first kappa shape index (κ1) is 17.0. The number of nitrogens with zero attached hydrogens (tertiary/aromatic N) is 3. The first-order chi connectivity index (χ1) is 11.6. The molecule has 7 heteroatoms. The molecule has 0 spiro atoms. The Bertz CT molecular complexity index is 731. The van der Waals surface area contributed by atoms with Gasteiger partial charge in [0.1, 0.15) is 5.82 Å². The summed E-state index contributed by atoms with van der Waals surface area (Å²) < 4.78 is 7.31. The van der Waals surface area contributed by atoms with Crippen molar-refractivity contribution in [3.05, 3.63) is 29.0 Å². The summed E-state index contributed by atoms with van der Waals surface area (Å²) in [6.45, 7) is 2.50. The Kier molecular flexibility index (Phi) is 5.26. The Balaban J connectivity index is 1.98. The molecule has 0 aliphatic carbocycles. The number of halogens is 1. The number of rotatable bonds is 5. The molecule has 130 valence electrons. The van der Waals surface area contributed by atoms with Crippen LogP contribution in [0.5, 0.6) is 0 Å². The highest BCUT2D eigenvalue weighted by Crippen LogP contribution is 2.32. The second-order valence-corrected chi connectivity index (χ2v) is 6.55. The van der Waals surface area contributed by atoms with Crippen LogP contribution < -0.4 is 0 Å². The molecule has 1 aliphatic rings. The number of imidazole rings is 1. The van der Waals surface area contributed by atoms with Gasteiger partial charge in [0.05, 0.1) is 16.1 Å². The molecule has 2 aromatic rings. The number of aryl methyl sites for hydroxylation is 1. The zero-order chi connectivity index (χ0) is 17.1. The molecule has 24 heavy (non-hydrogen) atoms. The van der Waals surface area contributed by atoms with Crippen molar-refractivity contribution in [2.45, 2.75) is 31.7 Å². The molecule has 1 amide bonds. The number of piperidine rings is 1. The van der Waals surface area contributed by atoms with Crippen molar-refractivity contribution < 1.29 is 14.6 Å². The van der Waals surface area contributed by atoms with Crippen LogP contribution in [0.3, 0.4) is 0 Å². The fraction of sp³-hybridized carbons (Fsp3) is 0.529. The summed E-state index contributed by atoms with van der Waals surface area (Å²) in [5, 5.41) is 9.97. The van der Waals surface area contributed by atoms with Gasteiger partial charge in [0.25, 0.3) is 0 Å². The molecular formula is C17H22ClN3O3. The number of carboxylic acid groups (broad SMARTS) is 1. The van der Waals surface area contributed by atoms with Gasteiger partial charge in [-0.05, 0) is 31.4 Å². The predicted molar refractivity (Wildman–Crippen MR) is 92.8 cm³/mol. The number of carbonyl (C=O) groups is 1. The van der Waals surface area contributed by atoms with Crippen molar-refractivity contribution in [1.82, 2.24) is 14.5 Å². The maximum atomic E-state index is 11.3. The van der Waals surface area contributed by atoms with Crippen LogP contribution in [-0.2, 0) is 11.3 Å². The molecule has 1 unspecified atom stereocenters. The van der Waals surface area contributed by atoms with Crippen molar-refractivity contribution in [3.63, 3.8) is 0 Å². The summed E-state index contributed by atoms with van der Waals surface area (Å²) in [4.78, 5) is 17.6. The van der Waals surface area contributed by atoms with Crippen LogP contribution in [0.4, 0.5) is 4.79 Å². The Hall–Kier alpha value is -1.79. The van der Waals surface area contributed by atoms with Gasteiger partial charge in [0, 0.05) is 39.3 Å². The maximum absolute atomic E-state index is 11.3. The van der Waals surface area contributed by atoms with Crippen LogP contribution in [0.2, 0.25) is 5.02 Å². The molecule has 0 bridgehead atoms. The third-order valence-corrected chi connectivity index (χ3v) is 4.84. The van der Waals surface area contributed by atoms with Crippen molar-refractivity contribution in [1.29, 1.82) is 0 Å². The smallest absolute Gasteiger partial charge is 0.407 e. The van der Waals surface area contributed by atoms with Gasteiger partial charge < -0.3 is 19.3 Å². The van der Waals surface area contributed by atoms with Crippen LogP contribution in [0.25, 0.3) is 11.0 Å². The number of benzene rings is 1. The van der Waals surface area contributed by atoms with Crippen LogP contribution in [-0.4, -0.2) is 52.5 Å². The average Bonchev–Trinajstić information content (AvgIpc) is 2.95. The lowest BCUT2D eigenvalue weighted by Gasteiger charge is -2.30. The summed E-state index contributed by atoms with van der Waals surface area (Å²) in [6, 6.07) is 5.72. The lowest BCUT2D eigenvalue weighted by atomic mass is 9.97. The molecule has 1 N–H and O–H groups in total. The molecule has 6 nitrogen and oxygen atoms in total. The standard InChI is InChI=1S/C17H22ClN3O3/c1-24-10-4-9-21-15-13(18)6-2-7-14(15)19-16(21)12-5-3-8-20(11-12)17(22)23/h2,6-7,12H,3-5,8-11H2,1H3,(H,22,23). The minimum absolute atomic E-state index is 0.0980. The second-order valence-electron chi connectivity index (χ2n) is 6.14. The monoisotopic (exact) mass is 351 g/mol. The third kappa shape index (κ3) is 3.35. The zero-order valence-corrected chi connectivity index (χ0v) is 14.5. The van der Waals surface area contributed by atoms with E-state index in [-0.39, 0.29) is 5.92 Å². The van der Waals surface area contributed by atoms with E-state index in [0.29, 0.717) is 24.7 Å². The van der Waals surface area contributed by atoms with Crippen molar-refractivity contribution in [2.75, 3.05) is 26.8 Å². The molecule has 1 fully saturated rings. The van der Waals surface area contributed by atoms with E-state index in [0.717, 1.165) is 42.7 Å². The van der Waals surface area contributed by atoms with E-state index in [4.69, 9.17) is 21.3 Å². The van der Waals surface area contributed by atoms with E-state index in [1.54, 1.807) is 7.11 Å². The molecule has 1 aromatic carbocycles. The fourth-order valence-corrected chi connectivity index (χ4v) is 3.70. The summed E-state index contributed by atoms with van der Waals surface area (Å²) in [7, 11) is 1.69. The largest absolute Gasteiger partial charge is 0.465 e. The number of methoxy groups -OCH3 is 1. The lowest BCUT2D eigenvalue weighted by Crippen LogP contribution is -2.38. The van der Waals surface area contributed by atoms with E-state index in [9.17, 15) is 9.90 Å². The molecule has 1 saturated heterocycles. The van der Waals surface area contributed by atoms with Gasteiger partial charge >= 0.3 is 6.09 Å². The van der Waals surface area contributed by atoms with Crippen molar-refractivity contribution in [3.8, 4) is 0 Å². The number of fused-ring (bicyclic) bond motifs is 1. The number of ether oxygens (including phenoxy) is 1. The normalized spacial score (nSPS) is 18.2. The number of para-hydroxylation sites is 1. The van der Waals surface area contributed by atoms with Crippen LogP contribution in [0.15, 0.2) is 18.2 Å². The third-order valence-electron chi connectivity index (χ3n) is 4.53. The number of likely N-dealkylation sites (tertiary alicyclic amines) is 1. The first-order valence-electron chi connectivity index (χ1n) is 8.23. The molecule has 0 radical (unpaired) electrons. The maximum Gasteiger partial charge on any atom is 0.407 e. The summed E-state index contributed by atoms with van der Waals surface area (Å²) in [5.74, 6) is 1.03. The van der Waals surface area contributed by atoms with Gasteiger partial charge in [-0.15, -0.1) is 0 Å². The molecule has 2 heterocycles. The zero-order valence-electron chi connectivity index (χ0n) is 13.7. The van der Waals surface area contributed by atoms with Gasteiger partial charge in [-0.2, -0.15) is 0 Å². The molecule has 3 rings (SSSR count). The fourth-order valence-electron chi connectivity index (χ4n) is 3.43. The number of hydrogen-bond donors (Lipinski definition) is 1. The Morgan fingerprint density at radius 1 is 1.50 bits per heavy atom. The van der Waals surface area contributed by atoms with Gasteiger partial charge in [-0.1, -0.05) is 17.7 Å². The SMILES string of the molecule is COCCCn1c(C2CCCN(C(=O)O)C2)nc2cccc(Cl)c21. The highest BCUT2D eigenvalue weighted by atomic mass is 35.5. The molecule has 1 aromatic heterocycles. The highest BCUT2D eigenvalue weighted by Gasteiger charge is 2.28. The van der Waals surface area contributed by atoms with E-state index in [1.807, 2.05) is 18.2 Å². The Morgan fingerprint density at radius 2 is 2.33 bits per heavy atom. The molecule has 0 saturated carbocycles. The number of amides is 1. The van der Waals surface area contributed by atoms with Crippen LogP contribution >= 0.6 is 11.6 Å². The topological polar surface area (TPSA) is 67.6 Å². The van der Waals surface area contributed by atoms with E-state index >= 15 is 0 Å². The summed E-state index contributed by atoms with van der Waals surface area (Å²) >= 11 is 6.41. The minimum Gasteiger partial charge on any atom is -0.465 e. The quantitative estimate of drug-likeness (QED) is 0.836. The predicted octanol–water partition coefficient (Wildman–Crippen LogP) is 3.58. The molecule has 1 aliphatic heterocycles. The molecule has 1 atom stereocenters. The van der Waals surface area contributed by atoms with Gasteiger partial charge in [0.15, 0.2) is 0 Å². The van der Waals surface area contributed by atoms with E-state index in [2.05, 4.69) is 4.57 Å². The summed E-state index contributed by atoms with van der Waals surface area (Å²) in [6.07, 6.45) is 1.79. The molecular weight excluding hydrogens is 330 g/mol. The van der Waals surface area contributed by atoms with Gasteiger partial charge in [-0.25, -0.2) is 9.78 Å². The second kappa shape index (κ2) is 7.40. The first-order valence-corrected chi connectivity index (χ1v) is 8.61. The van der Waals surface area contributed by atoms with Gasteiger partial charge in [-0.3, -0.25) is 0 Å². The van der Waals surface area contributed by atoms with Crippen LogP contribution in [0, 0.1) is 0 Å². The Morgan fingerprint density at radius 3 is 3.08 bits per heavy atom.